The number of benzene rings is 1. The minimum Gasteiger partial charge on any atom is -0.394 e. The van der Waals surface area contributed by atoms with E-state index < -0.39 is 17.6 Å². The maximum absolute atomic E-state index is 14.1. The standard InChI is InChI=1S/C22H26ClFN6O2/c1-12(24)14-6-4-5-7-15(14)13(2)28-17-8-9-30(11-16(17)20(25)22(32)26-3)18-10-27-29-21(31)19(18)23/h4-7,10,12-13H,8-9,11,25H2,1-3H3,(H,26,32)(H,29,31)/t12?,13-/m1/s1. The smallest absolute Gasteiger partial charge is 0.285 e. The van der Waals surface area contributed by atoms with Gasteiger partial charge in [0, 0.05) is 37.8 Å². The molecule has 1 unspecified atom stereocenters. The number of nitrogens with zero attached hydrogens (tertiary/aromatic N) is 3. The van der Waals surface area contributed by atoms with Gasteiger partial charge in [-0.1, -0.05) is 35.9 Å². The highest BCUT2D eigenvalue weighted by molar-refractivity contribution is 6.33. The zero-order valence-corrected chi connectivity index (χ0v) is 18.9. The Morgan fingerprint density at radius 2 is 2.03 bits per heavy atom. The fraction of sp³-hybridized carbons (Fsp3) is 0.364. The predicted octanol–water partition coefficient (Wildman–Crippen LogP) is 2.82. The number of hydrogen-bond acceptors (Lipinski definition) is 6. The number of aromatic nitrogens is 2. The van der Waals surface area contributed by atoms with Gasteiger partial charge >= 0.3 is 0 Å². The van der Waals surface area contributed by atoms with Crippen LogP contribution >= 0.6 is 11.6 Å². The van der Waals surface area contributed by atoms with E-state index in [2.05, 4.69) is 15.5 Å². The van der Waals surface area contributed by atoms with Gasteiger partial charge in [0.2, 0.25) is 0 Å². The van der Waals surface area contributed by atoms with Gasteiger partial charge in [0.05, 0.1) is 17.9 Å². The molecule has 0 aliphatic carbocycles. The number of piperidine rings is 1. The van der Waals surface area contributed by atoms with Crippen LogP contribution in [0.2, 0.25) is 5.02 Å². The van der Waals surface area contributed by atoms with Gasteiger partial charge in [-0.3, -0.25) is 14.6 Å². The number of halogens is 2. The molecule has 1 aliphatic heterocycles. The fourth-order valence-electron chi connectivity index (χ4n) is 3.76. The average molecular weight is 461 g/mol. The number of rotatable bonds is 5. The van der Waals surface area contributed by atoms with Crippen LogP contribution in [0, 0.1) is 0 Å². The fourth-order valence-corrected chi connectivity index (χ4v) is 3.98. The first kappa shape index (κ1) is 23.5. The summed E-state index contributed by atoms with van der Waals surface area (Å²) >= 11 is 6.17. The second-order valence-electron chi connectivity index (χ2n) is 7.54. The first-order valence-electron chi connectivity index (χ1n) is 10.2. The van der Waals surface area contributed by atoms with Crippen LogP contribution in [-0.4, -0.2) is 42.0 Å². The van der Waals surface area contributed by atoms with E-state index in [9.17, 15) is 14.0 Å². The molecule has 0 radical (unpaired) electrons. The Balaban J connectivity index is 2.02. The van der Waals surface area contributed by atoms with Crippen molar-refractivity contribution in [1.29, 1.82) is 0 Å². The summed E-state index contributed by atoms with van der Waals surface area (Å²) in [4.78, 5) is 30.8. The van der Waals surface area contributed by atoms with Gasteiger partial charge in [0.15, 0.2) is 0 Å². The maximum atomic E-state index is 14.1. The van der Waals surface area contributed by atoms with Gasteiger partial charge in [0.1, 0.15) is 16.9 Å². The predicted molar refractivity (Wildman–Crippen MR) is 124 cm³/mol. The molecule has 1 aliphatic rings. The lowest BCUT2D eigenvalue weighted by atomic mass is 9.96. The number of likely N-dealkylation sites (N-methyl/N-ethyl adjacent to an activating group) is 1. The molecule has 1 amide bonds. The van der Waals surface area contributed by atoms with Gasteiger partial charge in [-0.05, 0) is 25.0 Å². The van der Waals surface area contributed by atoms with Gasteiger partial charge in [0.25, 0.3) is 11.5 Å². The number of carbonyl (C=O) groups is 1. The van der Waals surface area contributed by atoms with E-state index >= 15 is 0 Å². The number of hydrogen-bond donors (Lipinski definition) is 3. The summed E-state index contributed by atoms with van der Waals surface area (Å²) in [6, 6.07) is 6.89. The lowest BCUT2D eigenvalue weighted by Gasteiger charge is -2.33. The summed E-state index contributed by atoms with van der Waals surface area (Å²) in [5.41, 5.74) is 8.70. The zero-order chi connectivity index (χ0) is 23.4. The van der Waals surface area contributed by atoms with Gasteiger partial charge in [-0.15, -0.1) is 0 Å². The molecule has 1 fully saturated rings. The summed E-state index contributed by atoms with van der Waals surface area (Å²) in [6.45, 7) is 4.08. The van der Waals surface area contributed by atoms with E-state index in [1.165, 1.54) is 20.2 Å². The first-order valence-corrected chi connectivity index (χ1v) is 10.6. The molecule has 10 heteroatoms. The van der Waals surface area contributed by atoms with E-state index in [4.69, 9.17) is 22.3 Å². The summed E-state index contributed by atoms with van der Waals surface area (Å²) in [5, 5.41) is 8.65. The number of H-pyrrole nitrogens is 1. The Hall–Kier alpha value is -3.20. The van der Waals surface area contributed by atoms with Crippen molar-refractivity contribution in [3.63, 3.8) is 0 Å². The van der Waals surface area contributed by atoms with Crippen LogP contribution in [-0.2, 0) is 4.79 Å². The minimum absolute atomic E-state index is 0.0116. The van der Waals surface area contributed by atoms with E-state index in [0.717, 1.165) is 5.56 Å². The van der Waals surface area contributed by atoms with Crippen molar-refractivity contribution >= 4 is 28.9 Å². The monoisotopic (exact) mass is 460 g/mol. The molecule has 2 atom stereocenters. The topological polar surface area (TPSA) is 116 Å². The third-order valence-electron chi connectivity index (χ3n) is 5.45. The SMILES string of the molecule is CNC(=O)C(N)=C1CN(c2cn[nH]c(=O)c2Cl)CCC1=N[C@H](C)c1ccccc1C(C)F. The van der Waals surface area contributed by atoms with Crippen molar-refractivity contribution in [3.05, 3.63) is 68.2 Å². The van der Waals surface area contributed by atoms with Gasteiger partial charge in [-0.25, -0.2) is 9.49 Å². The lowest BCUT2D eigenvalue weighted by Crippen LogP contribution is -2.40. The molecule has 3 rings (SSSR count). The average Bonchev–Trinajstić information content (AvgIpc) is 2.80. The highest BCUT2D eigenvalue weighted by atomic mass is 35.5. The number of nitrogens with two attached hydrogens (primary N) is 1. The second kappa shape index (κ2) is 9.95. The van der Waals surface area contributed by atoms with Crippen molar-refractivity contribution in [2.24, 2.45) is 10.7 Å². The summed E-state index contributed by atoms with van der Waals surface area (Å²) < 4.78 is 14.1. The normalized spacial score (nSPS) is 18.9. The zero-order valence-electron chi connectivity index (χ0n) is 18.2. The largest absolute Gasteiger partial charge is 0.394 e. The number of aliphatic imine (C=N–C) groups is 1. The summed E-state index contributed by atoms with van der Waals surface area (Å²) in [5.74, 6) is -0.435. The Bertz CT molecular complexity index is 1130. The van der Waals surface area contributed by atoms with Crippen LogP contribution in [0.25, 0.3) is 0 Å². The van der Waals surface area contributed by atoms with Gasteiger partial charge < -0.3 is 16.0 Å². The molecule has 8 nitrogen and oxygen atoms in total. The number of nitrogens with one attached hydrogen (secondary N) is 2. The Morgan fingerprint density at radius 1 is 1.34 bits per heavy atom. The molecule has 1 aromatic heterocycles. The Kier molecular flexibility index (Phi) is 7.29. The molecule has 4 N–H and O–H groups in total. The van der Waals surface area contributed by atoms with Crippen molar-refractivity contribution in [2.75, 3.05) is 25.0 Å². The third-order valence-corrected chi connectivity index (χ3v) is 5.82. The van der Waals surface area contributed by atoms with Crippen LogP contribution in [0.3, 0.4) is 0 Å². The molecule has 0 spiro atoms. The van der Waals surface area contributed by atoms with Crippen molar-refractivity contribution in [1.82, 2.24) is 15.5 Å². The second-order valence-corrected chi connectivity index (χ2v) is 7.92. The quantitative estimate of drug-likeness (QED) is 0.593. The number of alkyl halides is 1. The summed E-state index contributed by atoms with van der Waals surface area (Å²) in [6.07, 6.45) is 0.780. The highest BCUT2D eigenvalue weighted by Crippen LogP contribution is 2.31. The van der Waals surface area contributed by atoms with E-state index in [1.54, 1.807) is 12.1 Å². The third kappa shape index (κ3) is 4.83. The molecule has 0 saturated carbocycles. The van der Waals surface area contributed by atoms with Crippen LogP contribution in [0.4, 0.5) is 10.1 Å². The molecule has 32 heavy (non-hydrogen) atoms. The number of carbonyl (C=O) groups excluding carboxylic acids is 1. The molecule has 2 aromatic rings. The van der Waals surface area contributed by atoms with E-state index in [-0.39, 0.29) is 23.3 Å². The molecule has 1 aromatic carbocycles. The molecule has 2 heterocycles. The number of amides is 1. The van der Waals surface area contributed by atoms with Crippen LogP contribution in [0.15, 0.2) is 51.5 Å². The Morgan fingerprint density at radius 3 is 2.69 bits per heavy atom. The minimum atomic E-state index is -1.13. The van der Waals surface area contributed by atoms with Crippen molar-refractivity contribution in [3.8, 4) is 0 Å². The van der Waals surface area contributed by atoms with Crippen molar-refractivity contribution in [2.45, 2.75) is 32.5 Å². The maximum Gasteiger partial charge on any atom is 0.285 e. The highest BCUT2D eigenvalue weighted by Gasteiger charge is 2.27. The number of aromatic amines is 1. The number of anilines is 1. The molecule has 0 bridgehead atoms. The van der Waals surface area contributed by atoms with Crippen LogP contribution < -0.4 is 21.5 Å². The molecular formula is C22H26ClFN6O2. The molecule has 170 valence electrons. The van der Waals surface area contributed by atoms with E-state index in [0.29, 0.717) is 35.5 Å². The van der Waals surface area contributed by atoms with Gasteiger partial charge in [-0.2, -0.15) is 5.10 Å². The van der Waals surface area contributed by atoms with E-state index in [1.807, 2.05) is 24.0 Å². The van der Waals surface area contributed by atoms with Crippen LogP contribution in [0.5, 0.6) is 0 Å². The molecular weight excluding hydrogens is 435 g/mol. The van der Waals surface area contributed by atoms with Crippen molar-refractivity contribution < 1.29 is 9.18 Å². The summed E-state index contributed by atoms with van der Waals surface area (Å²) in [7, 11) is 1.49. The Labute approximate surface area is 190 Å². The van der Waals surface area contributed by atoms with Crippen LogP contribution in [0.1, 0.15) is 43.6 Å². The first-order chi connectivity index (χ1) is 15.2. The lowest BCUT2D eigenvalue weighted by molar-refractivity contribution is -0.117. The molecule has 1 saturated heterocycles.